The molecule has 2 aromatic rings. The summed E-state index contributed by atoms with van der Waals surface area (Å²) >= 11 is 3.20. The highest BCUT2D eigenvalue weighted by atomic mass is 79.9. The van der Waals surface area contributed by atoms with Crippen molar-refractivity contribution in [3.05, 3.63) is 22.6 Å². The number of methoxy groups -OCH3 is 1. The van der Waals surface area contributed by atoms with Crippen LogP contribution in [0.15, 0.2) is 21.2 Å². The molecule has 2 rings (SSSR count). The quantitative estimate of drug-likeness (QED) is 0.881. The van der Waals surface area contributed by atoms with E-state index in [1.54, 1.807) is 13.2 Å². The molecule has 0 saturated carbocycles. The van der Waals surface area contributed by atoms with Gasteiger partial charge in [0, 0.05) is 7.11 Å². The summed E-state index contributed by atoms with van der Waals surface area (Å²) in [5.74, 6) is -0.0306. The van der Waals surface area contributed by atoms with Gasteiger partial charge in [-0.2, -0.15) is 0 Å². The second kappa shape index (κ2) is 5.74. The smallest absolute Gasteiger partial charge is 0.294 e. The molecule has 0 aliphatic heterocycles. The number of nitrogens with one attached hydrogen (secondary N) is 1. The van der Waals surface area contributed by atoms with Crippen molar-refractivity contribution in [2.45, 2.75) is 6.54 Å². The fourth-order valence-corrected chi connectivity index (χ4v) is 1.62. The van der Waals surface area contributed by atoms with E-state index in [-0.39, 0.29) is 11.7 Å². The minimum atomic E-state index is -0.430. The number of anilines is 1. The van der Waals surface area contributed by atoms with Crippen LogP contribution >= 0.6 is 15.9 Å². The number of furan rings is 1. The number of carbonyl (C=O) groups is 1. The lowest BCUT2D eigenvalue weighted by molar-refractivity contribution is 0.0993. The van der Waals surface area contributed by atoms with E-state index >= 15 is 0 Å². The molecule has 1 amide bonds. The first kappa shape index (κ1) is 12.7. The molecule has 0 spiro atoms. The van der Waals surface area contributed by atoms with Crippen molar-refractivity contribution >= 4 is 27.8 Å². The van der Waals surface area contributed by atoms with E-state index in [1.807, 2.05) is 0 Å². The molecule has 2 aromatic heterocycles. The Morgan fingerprint density at radius 3 is 3.17 bits per heavy atom. The van der Waals surface area contributed by atoms with Crippen LogP contribution in [0.1, 0.15) is 10.6 Å². The molecular formula is C9H10BrN5O3. The first-order valence-corrected chi connectivity index (χ1v) is 5.81. The summed E-state index contributed by atoms with van der Waals surface area (Å²) in [7, 11) is 1.57. The van der Waals surface area contributed by atoms with Gasteiger partial charge in [0.1, 0.15) is 0 Å². The van der Waals surface area contributed by atoms with E-state index in [9.17, 15) is 4.79 Å². The number of hydrogen-bond acceptors (Lipinski definition) is 6. The van der Waals surface area contributed by atoms with Crippen LogP contribution in [0.25, 0.3) is 0 Å². The van der Waals surface area contributed by atoms with Crippen LogP contribution in [-0.4, -0.2) is 39.8 Å². The summed E-state index contributed by atoms with van der Waals surface area (Å²) in [6.45, 7) is 0.886. The van der Waals surface area contributed by atoms with Crippen molar-refractivity contribution in [3.63, 3.8) is 0 Å². The average Bonchev–Trinajstić information content (AvgIpc) is 2.95. The monoisotopic (exact) mass is 315 g/mol. The van der Waals surface area contributed by atoms with Gasteiger partial charge in [-0.25, -0.2) is 4.68 Å². The predicted octanol–water partition coefficient (Wildman–Crippen LogP) is 0.927. The third-order valence-electron chi connectivity index (χ3n) is 2.09. The molecule has 0 aliphatic rings. The van der Waals surface area contributed by atoms with Crippen LogP contribution in [0, 0.1) is 0 Å². The van der Waals surface area contributed by atoms with Crippen molar-refractivity contribution in [2.24, 2.45) is 0 Å². The maximum Gasteiger partial charge on any atom is 0.294 e. The van der Waals surface area contributed by atoms with Gasteiger partial charge in [0.2, 0.25) is 11.7 Å². The van der Waals surface area contributed by atoms with Gasteiger partial charge in [-0.15, -0.1) is 0 Å². The Hall–Kier alpha value is -1.74. The fourth-order valence-electron chi connectivity index (χ4n) is 1.24. The van der Waals surface area contributed by atoms with Gasteiger partial charge in [-0.3, -0.25) is 10.1 Å². The van der Waals surface area contributed by atoms with Gasteiger partial charge < -0.3 is 9.15 Å². The van der Waals surface area contributed by atoms with Gasteiger partial charge in [0.15, 0.2) is 0 Å². The maximum atomic E-state index is 11.8. The number of ether oxygens (including phenoxy) is 1. The number of tetrazole rings is 1. The van der Waals surface area contributed by atoms with Gasteiger partial charge >= 0.3 is 0 Å². The molecule has 0 radical (unpaired) electrons. The highest BCUT2D eigenvalue weighted by Gasteiger charge is 2.17. The molecular weight excluding hydrogens is 306 g/mol. The first-order valence-electron chi connectivity index (χ1n) is 5.02. The number of carbonyl (C=O) groups excluding carboxylic acids is 1. The van der Waals surface area contributed by atoms with Crippen LogP contribution in [0.3, 0.4) is 0 Å². The zero-order chi connectivity index (χ0) is 13.0. The number of amides is 1. The Morgan fingerprint density at radius 1 is 1.67 bits per heavy atom. The second-order valence-corrected chi connectivity index (χ2v) is 4.12. The van der Waals surface area contributed by atoms with Crippen LogP contribution in [-0.2, 0) is 11.3 Å². The fraction of sp³-hybridized carbons (Fsp3) is 0.333. The molecule has 1 N–H and O–H groups in total. The third-order valence-corrected chi connectivity index (χ3v) is 2.71. The van der Waals surface area contributed by atoms with Gasteiger partial charge in [0.25, 0.3) is 5.91 Å². The molecule has 18 heavy (non-hydrogen) atoms. The van der Waals surface area contributed by atoms with E-state index in [4.69, 9.17) is 9.15 Å². The number of aromatic nitrogens is 4. The van der Waals surface area contributed by atoms with Crippen LogP contribution < -0.4 is 5.32 Å². The van der Waals surface area contributed by atoms with Gasteiger partial charge in [-0.05, 0) is 32.4 Å². The first-order chi connectivity index (χ1) is 8.72. The average molecular weight is 316 g/mol. The lowest BCUT2D eigenvalue weighted by Gasteiger charge is -2.04. The highest BCUT2D eigenvalue weighted by molar-refractivity contribution is 9.10. The van der Waals surface area contributed by atoms with Crippen LogP contribution in [0.2, 0.25) is 0 Å². The molecule has 8 nitrogen and oxygen atoms in total. The summed E-state index contributed by atoms with van der Waals surface area (Å²) in [4.78, 5) is 11.8. The molecule has 0 aliphatic carbocycles. The van der Waals surface area contributed by atoms with Crippen LogP contribution in [0.4, 0.5) is 5.95 Å². The summed E-state index contributed by atoms with van der Waals surface area (Å²) < 4.78 is 11.9. The predicted molar refractivity (Wildman–Crippen MR) is 64.1 cm³/mol. The summed E-state index contributed by atoms with van der Waals surface area (Å²) in [5, 5.41) is 13.5. The Kier molecular flexibility index (Phi) is 4.05. The van der Waals surface area contributed by atoms with Crippen molar-refractivity contribution in [1.82, 2.24) is 20.2 Å². The molecule has 0 saturated heterocycles. The second-order valence-electron chi connectivity index (χ2n) is 3.27. The molecule has 0 bridgehead atoms. The van der Waals surface area contributed by atoms with Crippen molar-refractivity contribution < 1.29 is 13.9 Å². The third kappa shape index (κ3) is 2.74. The summed E-state index contributed by atoms with van der Waals surface area (Å²) in [6, 6.07) is 1.63. The van der Waals surface area contributed by atoms with E-state index in [2.05, 4.69) is 36.8 Å². The van der Waals surface area contributed by atoms with E-state index in [1.165, 1.54) is 10.9 Å². The molecule has 0 unspecified atom stereocenters. The minimum absolute atomic E-state index is 0.163. The Bertz CT molecular complexity index is 538. The Morgan fingerprint density at radius 2 is 2.50 bits per heavy atom. The molecule has 9 heteroatoms. The lowest BCUT2D eigenvalue weighted by Crippen LogP contribution is -2.17. The Labute approximate surface area is 110 Å². The molecule has 0 aromatic carbocycles. The highest BCUT2D eigenvalue weighted by Crippen LogP contribution is 2.18. The summed E-state index contributed by atoms with van der Waals surface area (Å²) in [5.41, 5.74) is 0. The van der Waals surface area contributed by atoms with E-state index in [0.29, 0.717) is 17.6 Å². The number of hydrogen-bond donors (Lipinski definition) is 1. The molecule has 2 heterocycles. The molecule has 0 fully saturated rings. The van der Waals surface area contributed by atoms with Crippen LogP contribution in [0.5, 0.6) is 0 Å². The van der Waals surface area contributed by atoms with Crippen molar-refractivity contribution in [2.75, 3.05) is 19.0 Å². The van der Waals surface area contributed by atoms with E-state index < -0.39 is 5.91 Å². The number of nitrogens with zero attached hydrogens (tertiary/aromatic N) is 4. The lowest BCUT2D eigenvalue weighted by atomic mass is 10.4. The number of rotatable bonds is 5. The number of halogens is 1. The van der Waals surface area contributed by atoms with E-state index in [0.717, 1.165) is 0 Å². The molecule has 96 valence electrons. The Balaban J connectivity index is 2.08. The topological polar surface area (TPSA) is 95.1 Å². The zero-order valence-electron chi connectivity index (χ0n) is 9.46. The maximum absolute atomic E-state index is 11.8. The zero-order valence-corrected chi connectivity index (χ0v) is 11.0. The normalized spacial score (nSPS) is 10.6. The summed E-state index contributed by atoms with van der Waals surface area (Å²) in [6.07, 6.45) is 1.41. The van der Waals surface area contributed by atoms with Crippen molar-refractivity contribution in [1.29, 1.82) is 0 Å². The molecule has 0 atom stereocenters. The minimum Gasteiger partial charge on any atom is -0.458 e. The SMILES string of the molecule is COCCn1nnnc1NC(=O)c1occc1Br. The van der Waals surface area contributed by atoms with Gasteiger partial charge in [-0.1, -0.05) is 5.10 Å². The largest absolute Gasteiger partial charge is 0.458 e. The van der Waals surface area contributed by atoms with Gasteiger partial charge in [0.05, 0.1) is 23.9 Å². The van der Waals surface area contributed by atoms with Crippen molar-refractivity contribution in [3.8, 4) is 0 Å². The standard InChI is InChI=1S/C9H10BrN5O3/c1-17-5-3-15-9(12-13-14-15)11-8(16)7-6(10)2-4-18-7/h2,4H,3,5H2,1H3,(H,11,12,14,16).